The van der Waals surface area contributed by atoms with Gasteiger partial charge in [0.15, 0.2) is 0 Å². The molecule has 0 aliphatic heterocycles. The van der Waals surface area contributed by atoms with Crippen LogP contribution in [0, 0.1) is 0 Å². The van der Waals surface area contributed by atoms with Crippen molar-refractivity contribution in [2.45, 2.75) is 0 Å². The molecule has 0 radical (unpaired) electrons. The molecule has 0 aliphatic rings. The maximum absolute atomic E-state index is 8.62. The van der Waals surface area contributed by atoms with E-state index in [1.165, 1.54) is 0 Å². The summed E-state index contributed by atoms with van der Waals surface area (Å²) >= 11 is -5.94. The Balaban J connectivity index is 0. The first-order chi connectivity index (χ1) is 2.00. The maximum atomic E-state index is 8.62. The predicted molar refractivity (Wildman–Crippen MR) is 2.06 cm³/mol. The number of rotatable bonds is 0. The second-order valence-corrected chi connectivity index (χ2v) is 2.24. The Hall–Kier alpha value is 1.65. The van der Waals surface area contributed by atoms with Crippen molar-refractivity contribution in [3.63, 3.8) is 0 Å². The first kappa shape index (κ1) is 10.6. The van der Waals surface area contributed by atoms with E-state index >= 15 is 0 Å². The second kappa shape index (κ2) is 3.62. The van der Waals surface area contributed by atoms with Crippen LogP contribution in [0.15, 0.2) is 0 Å². The van der Waals surface area contributed by atoms with Crippen molar-refractivity contribution in [1.29, 1.82) is 0 Å². The van der Waals surface area contributed by atoms with Crippen LogP contribution in [0.1, 0.15) is 0 Å². The van der Waals surface area contributed by atoms with Gasteiger partial charge in [0.05, 0.1) is 0 Å². The average Bonchev–Trinajstić information content (AvgIpc) is 0.722. The van der Waals surface area contributed by atoms with E-state index in [0.717, 1.165) is 0 Å². The predicted octanol–water partition coefficient (Wildman–Crippen LogP) is -4.54. The van der Waals surface area contributed by atoms with Crippen LogP contribution < -0.4 is 55.2 Å². The van der Waals surface area contributed by atoms with Gasteiger partial charge in [-0.3, -0.25) is 0 Å². The molecular weight excluding hydrogens is 201 g/mol. The SMILES string of the molecule is [K+].[O]=[Tc](=[O])(=[O])[O-]. The van der Waals surface area contributed by atoms with Gasteiger partial charge in [0.25, 0.3) is 0 Å². The van der Waals surface area contributed by atoms with Crippen LogP contribution in [0.4, 0.5) is 0 Å². The summed E-state index contributed by atoms with van der Waals surface area (Å²) in [7, 11) is 0. The van der Waals surface area contributed by atoms with Crippen molar-refractivity contribution in [2.24, 2.45) is 0 Å². The average molecular weight is 201 g/mol. The third-order valence-electron chi connectivity index (χ3n) is 0. The van der Waals surface area contributed by atoms with Crippen LogP contribution in [-0.2, 0) is 26.0 Å². The Morgan fingerprint density at radius 2 is 1.17 bits per heavy atom. The Kier molecular flexibility index (Phi) is 6.40. The summed E-state index contributed by atoms with van der Waals surface area (Å²) in [4.78, 5) is 0. The van der Waals surface area contributed by atoms with Gasteiger partial charge in [-0.2, -0.15) is 0 Å². The summed E-state index contributed by atoms with van der Waals surface area (Å²) in [5.41, 5.74) is 0. The third-order valence-corrected chi connectivity index (χ3v) is 0. The molecule has 0 rings (SSSR count). The third kappa shape index (κ3) is 45.0. The molecule has 0 saturated carbocycles. The van der Waals surface area contributed by atoms with Crippen LogP contribution in [0.25, 0.3) is 0 Å². The Labute approximate surface area is 79.6 Å². The zero-order chi connectivity index (χ0) is 4.50. The summed E-state index contributed by atoms with van der Waals surface area (Å²) < 4.78 is 34.5. The van der Waals surface area contributed by atoms with Gasteiger partial charge in [0.2, 0.25) is 0 Å². The number of hydrogen-bond donors (Lipinski definition) is 0. The van der Waals surface area contributed by atoms with E-state index in [1.807, 2.05) is 0 Å². The van der Waals surface area contributed by atoms with E-state index in [9.17, 15) is 0 Å². The molecule has 0 aromatic rings. The molecule has 0 unspecified atom stereocenters. The van der Waals surface area contributed by atoms with Crippen molar-refractivity contribution in [3.05, 3.63) is 0 Å². The van der Waals surface area contributed by atoms with Crippen molar-refractivity contribution >= 4 is 0 Å². The van der Waals surface area contributed by atoms with Crippen LogP contribution >= 0.6 is 0 Å². The molecule has 6 heteroatoms. The van der Waals surface area contributed by atoms with Crippen LogP contribution in [0.5, 0.6) is 0 Å². The summed E-state index contributed by atoms with van der Waals surface area (Å²) in [6.07, 6.45) is 0. The molecule has 0 aromatic heterocycles. The topological polar surface area (TPSA) is 74.3 Å². The number of hydrogen-bond acceptors (Lipinski definition) is 4. The fourth-order valence-corrected chi connectivity index (χ4v) is 0. The molecule has 0 saturated heterocycles. The zero-order valence-corrected chi connectivity index (χ0v) is 7.99. The molecule has 6 heavy (non-hydrogen) atoms. The Bertz CT molecular complexity index is 129. The van der Waals surface area contributed by atoms with E-state index in [0.29, 0.717) is 0 Å². The van der Waals surface area contributed by atoms with Crippen molar-refractivity contribution in [2.75, 3.05) is 0 Å². The van der Waals surface area contributed by atoms with E-state index in [2.05, 4.69) is 0 Å². The minimum atomic E-state index is -5.94. The van der Waals surface area contributed by atoms with Gasteiger partial charge in [0.1, 0.15) is 0 Å². The van der Waals surface area contributed by atoms with Gasteiger partial charge < -0.3 is 0 Å². The monoisotopic (exact) mass is 200 g/mol. The van der Waals surface area contributed by atoms with E-state index in [4.69, 9.17) is 14.4 Å². The second-order valence-electron chi connectivity index (χ2n) is 0.378. The minimum absolute atomic E-state index is 0. The summed E-state index contributed by atoms with van der Waals surface area (Å²) in [6.45, 7) is 0. The molecule has 0 aliphatic carbocycles. The first-order valence-corrected chi connectivity index (χ1v) is 3.65. The summed E-state index contributed by atoms with van der Waals surface area (Å²) in [5.74, 6) is 0. The molecule has 0 amide bonds. The summed E-state index contributed by atoms with van der Waals surface area (Å²) in [6, 6.07) is 0. The van der Waals surface area contributed by atoms with Gasteiger partial charge in [-0.1, -0.05) is 0 Å². The molecule has 0 bridgehead atoms. The van der Waals surface area contributed by atoms with E-state index in [1.54, 1.807) is 0 Å². The normalized spacial score (nSPS) is 9.50. The summed E-state index contributed by atoms with van der Waals surface area (Å²) in [5, 5.41) is 0. The van der Waals surface area contributed by atoms with Gasteiger partial charge >= 0.3 is 81.3 Å². The Morgan fingerprint density at radius 3 is 1.17 bits per heavy atom. The van der Waals surface area contributed by atoms with E-state index in [-0.39, 0.29) is 51.4 Å². The standard InChI is InChI=1S/K.4O.Tc/q+1;;;;-1;. The van der Waals surface area contributed by atoms with Gasteiger partial charge in [-0.25, -0.2) is 0 Å². The van der Waals surface area contributed by atoms with Gasteiger partial charge in [-0.15, -0.1) is 0 Å². The quantitative estimate of drug-likeness (QED) is 0.370. The van der Waals surface area contributed by atoms with Crippen molar-refractivity contribution in [1.82, 2.24) is 0 Å². The molecule has 0 fully saturated rings. The molecule has 0 spiro atoms. The van der Waals surface area contributed by atoms with Crippen LogP contribution in [0.2, 0.25) is 0 Å². The van der Waals surface area contributed by atoms with Crippen LogP contribution in [-0.4, -0.2) is 0 Å². The molecule has 0 heterocycles. The molecule has 0 atom stereocenters. The fourth-order valence-electron chi connectivity index (χ4n) is 0. The Morgan fingerprint density at radius 1 is 1.17 bits per heavy atom. The van der Waals surface area contributed by atoms with Crippen molar-refractivity contribution in [3.8, 4) is 0 Å². The van der Waals surface area contributed by atoms with Crippen molar-refractivity contribution < 1.29 is 81.3 Å². The first-order valence-electron chi connectivity index (χ1n) is 0.617. The molecule has 0 aromatic carbocycles. The zero-order valence-electron chi connectivity index (χ0n) is 3.01. The van der Waals surface area contributed by atoms with Gasteiger partial charge in [-0.05, 0) is 0 Å². The molecule has 32 valence electrons. The van der Waals surface area contributed by atoms with Gasteiger partial charge in [0, 0.05) is 0 Å². The fraction of sp³-hybridized carbons (Fsp3) is 0. The molecule has 4 nitrogen and oxygen atoms in total. The van der Waals surface area contributed by atoms with Crippen LogP contribution in [0.3, 0.4) is 0 Å². The molecular formula is KO4Tc. The molecule has 0 N–H and O–H groups in total. The van der Waals surface area contributed by atoms with E-state index < -0.39 is 15.5 Å².